The quantitative estimate of drug-likeness (QED) is 0.423. The highest BCUT2D eigenvalue weighted by Crippen LogP contribution is 2.18. The standard InChI is InChI=1S/C11H16N2O/c1-7-4-5-10(6-8(7)2)9(3)11(14)13-12/h4-6,9H,12H2,1-3H3,(H,13,14). The molecule has 0 saturated carbocycles. The molecule has 1 amide bonds. The summed E-state index contributed by atoms with van der Waals surface area (Å²) in [5.74, 6) is 4.72. The van der Waals surface area contributed by atoms with Crippen LogP contribution in [0, 0.1) is 13.8 Å². The third kappa shape index (κ3) is 2.12. The summed E-state index contributed by atoms with van der Waals surface area (Å²) >= 11 is 0. The third-order valence-electron chi connectivity index (χ3n) is 2.57. The molecule has 0 spiro atoms. The molecule has 0 bridgehead atoms. The van der Waals surface area contributed by atoms with E-state index in [0.29, 0.717) is 0 Å². The monoisotopic (exact) mass is 192 g/mol. The van der Waals surface area contributed by atoms with Gasteiger partial charge in [0.25, 0.3) is 0 Å². The predicted octanol–water partition coefficient (Wildman–Crippen LogP) is 1.40. The highest BCUT2D eigenvalue weighted by Gasteiger charge is 2.13. The maximum atomic E-state index is 11.3. The maximum Gasteiger partial charge on any atom is 0.241 e. The molecule has 0 aromatic heterocycles. The number of hydrogen-bond acceptors (Lipinski definition) is 2. The van der Waals surface area contributed by atoms with Gasteiger partial charge in [-0.3, -0.25) is 10.2 Å². The van der Waals surface area contributed by atoms with Gasteiger partial charge < -0.3 is 0 Å². The molecule has 0 heterocycles. The zero-order valence-corrected chi connectivity index (χ0v) is 8.79. The molecular weight excluding hydrogens is 176 g/mol. The number of hydrazine groups is 1. The van der Waals surface area contributed by atoms with Crippen LogP contribution in [0.25, 0.3) is 0 Å². The van der Waals surface area contributed by atoms with Crippen LogP contribution in [0.4, 0.5) is 0 Å². The first kappa shape index (κ1) is 10.7. The first-order chi connectivity index (χ1) is 6.56. The number of nitrogens with two attached hydrogens (primary N) is 1. The molecule has 1 aromatic carbocycles. The van der Waals surface area contributed by atoms with E-state index in [-0.39, 0.29) is 11.8 Å². The molecule has 0 radical (unpaired) electrons. The van der Waals surface area contributed by atoms with E-state index in [2.05, 4.69) is 5.43 Å². The van der Waals surface area contributed by atoms with Crippen LogP contribution in [0.3, 0.4) is 0 Å². The number of nitrogens with one attached hydrogen (secondary N) is 1. The second-order valence-electron chi connectivity index (χ2n) is 3.57. The van der Waals surface area contributed by atoms with Crippen LogP contribution < -0.4 is 11.3 Å². The summed E-state index contributed by atoms with van der Waals surface area (Å²) < 4.78 is 0. The average molecular weight is 192 g/mol. The molecule has 0 saturated heterocycles. The summed E-state index contributed by atoms with van der Waals surface area (Å²) in [5, 5.41) is 0. The summed E-state index contributed by atoms with van der Waals surface area (Å²) in [6.07, 6.45) is 0. The maximum absolute atomic E-state index is 11.3. The number of benzene rings is 1. The van der Waals surface area contributed by atoms with Crippen LogP contribution in [0.15, 0.2) is 18.2 Å². The first-order valence-electron chi connectivity index (χ1n) is 4.64. The largest absolute Gasteiger partial charge is 0.294 e. The molecule has 0 fully saturated rings. The van der Waals surface area contributed by atoms with Crippen molar-refractivity contribution in [2.24, 2.45) is 5.84 Å². The minimum Gasteiger partial charge on any atom is -0.294 e. The van der Waals surface area contributed by atoms with Crippen LogP contribution in [0.1, 0.15) is 29.5 Å². The third-order valence-corrected chi connectivity index (χ3v) is 2.57. The first-order valence-corrected chi connectivity index (χ1v) is 4.64. The Morgan fingerprint density at radius 1 is 1.36 bits per heavy atom. The molecule has 1 atom stereocenters. The molecule has 0 aliphatic heterocycles. The number of aryl methyl sites for hydroxylation is 2. The van der Waals surface area contributed by atoms with E-state index < -0.39 is 0 Å². The van der Waals surface area contributed by atoms with Gasteiger partial charge in [-0.05, 0) is 37.5 Å². The van der Waals surface area contributed by atoms with E-state index in [9.17, 15) is 4.79 Å². The van der Waals surface area contributed by atoms with Gasteiger partial charge in [0.15, 0.2) is 0 Å². The number of carbonyl (C=O) groups excluding carboxylic acids is 1. The van der Waals surface area contributed by atoms with Crippen molar-refractivity contribution in [2.45, 2.75) is 26.7 Å². The Kier molecular flexibility index (Phi) is 3.25. The molecule has 1 unspecified atom stereocenters. The smallest absolute Gasteiger partial charge is 0.241 e. The van der Waals surface area contributed by atoms with Crippen molar-refractivity contribution < 1.29 is 4.79 Å². The van der Waals surface area contributed by atoms with E-state index in [1.54, 1.807) is 0 Å². The summed E-state index contributed by atoms with van der Waals surface area (Å²) in [4.78, 5) is 11.3. The Bertz CT molecular complexity index is 347. The van der Waals surface area contributed by atoms with E-state index in [0.717, 1.165) is 5.56 Å². The van der Waals surface area contributed by atoms with Gasteiger partial charge in [0.05, 0.1) is 5.92 Å². The van der Waals surface area contributed by atoms with E-state index in [1.165, 1.54) is 11.1 Å². The highest BCUT2D eigenvalue weighted by molar-refractivity contribution is 5.82. The minimum absolute atomic E-state index is 0.159. The molecule has 3 N–H and O–H groups in total. The van der Waals surface area contributed by atoms with Gasteiger partial charge in [-0.15, -0.1) is 0 Å². The number of hydrogen-bond donors (Lipinski definition) is 2. The number of carbonyl (C=O) groups is 1. The van der Waals surface area contributed by atoms with Crippen molar-refractivity contribution in [1.82, 2.24) is 5.43 Å². The van der Waals surface area contributed by atoms with Crippen molar-refractivity contribution in [3.8, 4) is 0 Å². The van der Waals surface area contributed by atoms with E-state index in [1.807, 2.05) is 39.0 Å². The number of rotatable bonds is 2. The molecule has 0 aliphatic rings. The minimum atomic E-state index is -0.195. The van der Waals surface area contributed by atoms with Crippen LogP contribution in [-0.4, -0.2) is 5.91 Å². The van der Waals surface area contributed by atoms with E-state index in [4.69, 9.17) is 5.84 Å². The molecule has 3 heteroatoms. The van der Waals surface area contributed by atoms with Crippen molar-refractivity contribution in [3.05, 3.63) is 34.9 Å². The number of amides is 1. The van der Waals surface area contributed by atoms with Gasteiger partial charge in [0.2, 0.25) is 5.91 Å². The van der Waals surface area contributed by atoms with Crippen molar-refractivity contribution in [1.29, 1.82) is 0 Å². The highest BCUT2D eigenvalue weighted by atomic mass is 16.2. The molecule has 3 nitrogen and oxygen atoms in total. The van der Waals surface area contributed by atoms with Gasteiger partial charge in [0, 0.05) is 0 Å². The molecule has 1 rings (SSSR count). The lowest BCUT2D eigenvalue weighted by molar-refractivity contribution is -0.122. The van der Waals surface area contributed by atoms with Gasteiger partial charge in [-0.1, -0.05) is 18.2 Å². The topological polar surface area (TPSA) is 55.1 Å². The summed E-state index contributed by atoms with van der Waals surface area (Å²) in [6.45, 7) is 5.92. The van der Waals surface area contributed by atoms with Crippen LogP contribution in [0.5, 0.6) is 0 Å². The molecule has 0 aliphatic carbocycles. The van der Waals surface area contributed by atoms with Crippen LogP contribution in [-0.2, 0) is 4.79 Å². The van der Waals surface area contributed by atoms with Gasteiger partial charge in [-0.2, -0.15) is 0 Å². The Labute approximate surface area is 84.3 Å². The second kappa shape index (κ2) is 4.24. The predicted molar refractivity (Wildman–Crippen MR) is 56.7 cm³/mol. The van der Waals surface area contributed by atoms with E-state index >= 15 is 0 Å². The molecule has 14 heavy (non-hydrogen) atoms. The Morgan fingerprint density at radius 2 is 2.00 bits per heavy atom. The normalized spacial score (nSPS) is 12.3. The summed E-state index contributed by atoms with van der Waals surface area (Å²) in [7, 11) is 0. The zero-order valence-electron chi connectivity index (χ0n) is 8.79. The van der Waals surface area contributed by atoms with Crippen LogP contribution in [0.2, 0.25) is 0 Å². The van der Waals surface area contributed by atoms with Crippen LogP contribution >= 0.6 is 0 Å². The van der Waals surface area contributed by atoms with Crippen molar-refractivity contribution >= 4 is 5.91 Å². The second-order valence-corrected chi connectivity index (χ2v) is 3.57. The SMILES string of the molecule is Cc1ccc(C(C)C(=O)NN)cc1C. The Hall–Kier alpha value is -1.35. The Morgan fingerprint density at radius 3 is 2.50 bits per heavy atom. The van der Waals surface area contributed by atoms with Crippen molar-refractivity contribution in [2.75, 3.05) is 0 Å². The Balaban J connectivity index is 2.96. The lowest BCUT2D eigenvalue weighted by atomic mass is 9.97. The zero-order chi connectivity index (χ0) is 10.7. The lowest BCUT2D eigenvalue weighted by Gasteiger charge is -2.11. The summed E-state index contributed by atoms with van der Waals surface area (Å²) in [5.41, 5.74) is 5.58. The summed E-state index contributed by atoms with van der Waals surface area (Å²) in [6, 6.07) is 6.00. The molecular formula is C11H16N2O. The average Bonchev–Trinajstić information content (AvgIpc) is 2.20. The van der Waals surface area contributed by atoms with Gasteiger partial charge in [0.1, 0.15) is 0 Å². The van der Waals surface area contributed by atoms with Gasteiger partial charge in [-0.25, -0.2) is 5.84 Å². The molecule has 1 aromatic rings. The van der Waals surface area contributed by atoms with Gasteiger partial charge >= 0.3 is 0 Å². The molecule has 76 valence electrons. The lowest BCUT2D eigenvalue weighted by Crippen LogP contribution is -2.33. The van der Waals surface area contributed by atoms with Crippen molar-refractivity contribution in [3.63, 3.8) is 0 Å². The fourth-order valence-electron chi connectivity index (χ4n) is 1.31. The fraction of sp³-hybridized carbons (Fsp3) is 0.364. The fourth-order valence-corrected chi connectivity index (χ4v) is 1.31.